The fraction of sp³-hybridized carbons (Fsp3) is 0.462. The van der Waals surface area contributed by atoms with Crippen LogP contribution in [0.25, 0.3) is 0 Å². The number of thioether (sulfide) groups is 1. The number of rotatable bonds is 3. The summed E-state index contributed by atoms with van der Waals surface area (Å²) in [5.41, 5.74) is 0. The number of hydrogen-bond acceptors (Lipinski definition) is 3. The summed E-state index contributed by atoms with van der Waals surface area (Å²) in [7, 11) is 0. The summed E-state index contributed by atoms with van der Waals surface area (Å²) in [4.78, 5) is 14.6. The van der Waals surface area contributed by atoms with Crippen molar-refractivity contribution in [1.29, 1.82) is 0 Å². The highest BCUT2D eigenvalue weighted by Gasteiger charge is 2.21. The Labute approximate surface area is 116 Å². The predicted octanol–water partition coefficient (Wildman–Crippen LogP) is 2.42. The largest absolute Gasteiger partial charge is 0.391 e. The summed E-state index contributed by atoms with van der Waals surface area (Å²) in [5.74, 6) is 0.440. The summed E-state index contributed by atoms with van der Waals surface area (Å²) in [6, 6.07) is 7.50. The number of β-amino-alcohol motifs (C(OH)–C–C–N with tert-alkyl or cyclic N) is 1. The number of likely N-dealkylation sites (tertiary alicyclic amines) is 1. The van der Waals surface area contributed by atoms with Crippen molar-refractivity contribution in [3.05, 3.63) is 29.3 Å². The van der Waals surface area contributed by atoms with Gasteiger partial charge in [0.15, 0.2) is 0 Å². The molecule has 3 nitrogen and oxygen atoms in total. The van der Waals surface area contributed by atoms with Gasteiger partial charge in [-0.3, -0.25) is 4.79 Å². The van der Waals surface area contributed by atoms with E-state index in [2.05, 4.69) is 0 Å². The van der Waals surface area contributed by atoms with Gasteiger partial charge in [0.25, 0.3) is 0 Å². The van der Waals surface area contributed by atoms with E-state index < -0.39 is 0 Å². The predicted molar refractivity (Wildman–Crippen MR) is 74.0 cm³/mol. The Bertz CT molecular complexity index is 427. The first kappa shape index (κ1) is 13.7. The van der Waals surface area contributed by atoms with Gasteiger partial charge in [-0.25, -0.2) is 0 Å². The summed E-state index contributed by atoms with van der Waals surface area (Å²) in [6.45, 7) is 1.21. The molecule has 1 atom stereocenters. The van der Waals surface area contributed by atoms with E-state index in [1.165, 1.54) is 11.8 Å². The normalized spacial score (nSPS) is 19.9. The maximum absolute atomic E-state index is 12.0. The van der Waals surface area contributed by atoms with E-state index in [4.69, 9.17) is 11.6 Å². The van der Waals surface area contributed by atoms with Crippen LogP contribution in [0.5, 0.6) is 0 Å². The highest BCUT2D eigenvalue weighted by atomic mass is 35.5. The Morgan fingerprint density at radius 1 is 1.50 bits per heavy atom. The van der Waals surface area contributed by atoms with Crippen LogP contribution in [0.3, 0.4) is 0 Å². The lowest BCUT2D eigenvalue weighted by atomic mass is 10.1. The van der Waals surface area contributed by atoms with E-state index in [0.717, 1.165) is 24.3 Å². The zero-order chi connectivity index (χ0) is 13.0. The third-order valence-electron chi connectivity index (χ3n) is 2.94. The Morgan fingerprint density at radius 3 is 3.00 bits per heavy atom. The van der Waals surface area contributed by atoms with Crippen LogP contribution in [0.2, 0.25) is 5.02 Å². The van der Waals surface area contributed by atoms with Crippen molar-refractivity contribution in [2.45, 2.75) is 23.8 Å². The van der Waals surface area contributed by atoms with E-state index in [1.807, 2.05) is 24.3 Å². The minimum Gasteiger partial charge on any atom is -0.391 e. The number of amides is 1. The van der Waals surface area contributed by atoms with Crippen LogP contribution in [-0.2, 0) is 4.79 Å². The van der Waals surface area contributed by atoms with Gasteiger partial charge in [-0.15, -0.1) is 11.8 Å². The molecule has 0 aliphatic carbocycles. The molecule has 1 amide bonds. The Hall–Kier alpha value is -0.710. The Kier molecular flexibility index (Phi) is 4.92. The quantitative estimate of drug-likeness (QED) is 0.867. The molecule has 1 aromatic carbocycles. The standard InChI is InChI=1S/C13H16ClNO2S/c14-11-5-1-2-6-12(11)18-9-13(17)15-7-3-4-10(16)8-15/h1-2,5-6,10,16H,3-4,7-9H2. The van der Waals surface area contributed by atoms with Gasteiger partial charge in [0, 0.05) is 18.0 Å². The summed E-state index contributed by atoms with van der Waals surface area (Å²) < 4.78 is 0. The molecule has 1 aliphatic heterocycles. The molecule has 1 heterocycles. The van der Waals surface area contributed by atoms with E-state index in [-0.39, 0.29) is 12.0 Å². The van der Waals surface area contributed by atoms with Crippen LogP contribution in [0, 0.1) is 0 Å². The van der Waals surface area contributed by atoms with Gasteiger partial charge in [-0.05, 0) is 25.0 Å². The third kappa shape index (κ3) is 3.64. The number of carbonyl (C=O) groups excluding carboxylic acids is 1. The van der Waals surface area contributed by atoms with Gasteiger partial charge in [-0.2, -0.15) is 0 Å². The minimum atomic E-state index is -0.368. The fourth-order valence-corrected chi connectivity index (χ4v) is 3.12. The molecule has 98 valence electrons. The molecular weight excluding hydrogens is 270 g/mol. The highest BCUT2D eigenvalue weighted by Crippen LogP contribution is 2.27. The first-order valence-electron chi connectivity index (χ1n) is 6.00. The van der Waals surface area contributed by atoms with Crippen LogP contribution < -0.4 is 0 Å². The Morgan fingerprint density at radius 2 is 2.28 bits per heavy atom. The van der Waals surface area contributed by atoms with Crippen molar-refractivity contribution in [1.82, 2.24) is 4.90 Å². The third-order valence-corrected chi connectivity index (χ3v) is 4.44. The second-order valence-corrected chi connectivity index (χ2v) is 5.78. The van der Waals surface area contributed by atoms with Gasteiger partial charge in [0.05, 0.1) is 16.9 Å². The van der Waals surface area contributed by atoms with Crippen molar-refractivity contribution in [3.8, 4) is 0 Å². The minimum absolute atomic E-state index is 0.0682. The van der Waals surface area contributed by atoms with Crippen LogP contribution in [-0.4, -0.2) is 40.9 Å². The van der Waals surface area contributed by atoms with Crippen molar-refractivity contribution < 1.29 is 9.90 Å². The molecule has 1 N–H and O–H groups in total. The molecule has 1 aliphatic rings. The molecule has 1 saturated heterocycles. The molecular formula is C13H16ClNO2S. The lowest BCUT2D eigenvalue weighted by Gasteiger charge is -2.30. The molecule has 0 spiro atoms. The second-order valence-electron chi connectivity index (χ2n) is 4.35. The zero-order valence-electron chi connectivity index (χ0n) is 10.0. The van der Waals surface area contributed by atoms with Crippen LogP contribution >= 0.6 is 23.4 Å². The van der Waals surface area contributed by atoms with Crippen LogP contribution in [0.4, 0.5) is 0 Å². The van der Waals surface area contributed by atoms with Gasteiger partial charge in [0.2, 0.25) is 5.91 Å². The smallest absolute Gasteiger partial charge is 0.233 e. The molecule has 1 aromatic rings. The summed E-state index contributed by atoms with van der Waals surface area (Å²) in [6.07, 6.45) is 1.30. The van der Waals surface area contributed by atoms with Gasteiger partial charge < -0.3 is 10.0 Å². The molecule has 0 saturated carbocycles. The monoisotopic (exact) mass is 285 g/mol. The zero-order valence-corrected chi connectivity index (χ0v) is 11.6. The topological polar surface area (TPSA) is 40.5 Å². The maximum Gasteiger partial charge on any atom is 0.233 e. The molecule has 2 rings (SSSR count). The molecule has 0 radical (unpaired) electrons. The number of nitrogens with zero attached hydrogens (tertiary/aromatic N) is 1. The number of piperidine rings is 1. The number of hydrogen-bond donors (Lipinski definition) is 1. The lowest BCUT2D eigenvalue weighted by molar-refractivity contribution is -0.131. The van der Waals surface area contributed by atoms with Crippen molar-refractivity contribution >= 4 is 29.3 Å². The molecule has 1 unspecified atom stereocenters. The van der Waals surface area contributed by atoms with Gasteiger partial charge in [0.1, 0.15) is 0 Å². The van der Waals surface area contributed by atoms with Crippen LogP contribution in [0.1, 0.15) is 12.8 Å². The SMILES string of the molecule is O=C(CSc1ccccc1Cl)N1CCCC(O)C1. The first-order chi connectivity index (χ1) is 8.66. The van der Waals surface area contributed by atoms with E-state index >= 15 is 0 Å². The summed E-state index contributed by atoms with van der Waals surface area (Å²) in [5, 5.41) is 10.2. The van der Waals surface area contributed by atoms with E-state index in [1.54, 1.807) is 4.90 Å². The number of halogens is 1. The average molecular weight is 286 g/mol. The molecule has 5 heteroatoms. The van der Waals surface area contributed by atoms with Gasteiger partial charge >= 0.3 is 0 Å². The molecule has 18 heavy (non-hydrogen) atoms. The van der Waals surface area contributed by atoms with Crippen LogP contribution in [0.15, 0.2) is 29.2 Å². The number of benzene rings is 1. The first-order valence-corrected chi connectivity index (χ1v) is 7.36. The van der Waals surface area contributed by atoms with Gasteiger partial charge in [-0.1, -0.05) is 23.7 Å². The van der Waals surface area contributed by atoms with E-state index in [9.17, 15) is 9.90 Å². The maximum atomic E-state index is 12.0. The number of aliphatic hydroxyl groups is 1. The number of carbonyl (C=O) groups is 1. The van der Waals surface area contributed by atoms with Crippen molar-refractivity contribution in [3.63, 3.8) is 0 Å². The molecule has 0 bridgehead atoms. The Balaban J connectivity index is 1.86. The molecule has 1 fully saturated rings. The van der Waals surface area contributed by atoms with Crippen molar-refractivity contribution in [2.24, 2.45) is 0 Å². The highest BCUT2D eigenvalue weighted by molar-refractivity contribution is 8.00. The summed E-state index contributed by atoms with van der Waals surface area (Å²) >= 11 is 7.48. The van der Waals surface area contributed by atoms with Crippen molar-refractivity contribution in [2.75, 3.05) is 18.8 Å². The molecule has 0 aromatic heterocycles. The average Bonchev–Trinajstić information content (AvgIpc) is 2.37. The number of aliphatic hydroxyl groups excluding tert-OH is 1. The fourth-order valence-electron chi connectivity index (χ4n) is 1.97. The second kappa shape index (κ2) is 6.45. The lowest BCUT2D eigenvalue weighted by Crippen LogP contribution is -2.42. The van der Waals surface area contributed by atoms with E-state index in [0.29, 0.717) is 17.3 Å².